The number of benzene rings is 1. The molecule has 2 nitrogen and oxygen atoms in total. The predicted octanol–water partition coefficient (Wildman–Crippen LogP) is 2.94. The van der Waals surface area contributed by atoms with E-state index in [2.05, 4.69) is 29.5 Å². The molecule has 1 aromatic rings. The molecular weight excluding hydrogens is 279 g/mol. The highest BCUT2D eigenvalue weighted by atomic mass is 127. The largest absolute Gasteiger partial charge is 0.478 e. The molecule has 0 unspecified atom stereocenters. The number of carboxylic acids is 1. The van der Waals surface area contributed by atoms with Crippen molar-refractivity contribution >= 4 is 28.6 Å². The first kappa shape index (κ1) is 10.5. The molecule has 0 fully saturated rings. The second-order valence-electron chi connectivity index (χ2n) is 2.86. The monoisotopic (exact) mass is 290 g/mol. The fourth-order valence-corrected chi connectivity index (χ4v) is 1.94. The van der Waals surface area contributed by atoms with Crippen molar-refractivity contribution in [3.05, 3.63) is 32.9 Å². The highest BCUT2D eigenvalue weighted by Crippen LogP contribution is 2.16. The topological polar surface area (TPSA) is 37.3 Å². The van der Waals surface area contributed by atoms with E-state index < -0.39 is 5.97 Å². The zero-order valence-corrected chi connectivity index (χ0v) is 9.54. The average Bonchev–Trinajstić information content (AvgIpc) is 2.08. The van der Waals surface area contributed by atoms with Crippen molar-refractivity contribution in [1.29, 1.82) is 0 Å². The minimum atomic E-state index is -0.860. The third-order valence-corrected chi connectivity index (χ3v) is 2.82. The van der Waals surface area contributed by atoms with Crippen molar-refractivity contribution in [2.24, 2.45) is 0 Å². The van der Waals surface area contributed by atoms with Crippen LogP contribution in [0.25, 0.3) is 0 Å². The number of carboxylic acid groups (broad SMARTS) is 1. The maximum Gasteiger partial charge on any atom is 0.335 e. The van der Waals surface area contributed by atoms with Crippen LogP contribution in [0, 0.1) is 3.57 Å². The van der Waals surface area contributed by atoms with Gasteiger partial charge < -0.3 is 5.11 Å². The maximum absolute atomic E-state index is 10.6. The lowest BCUT2D eigenvalue weighted by molar-refractivity contribution is 0.0697. The number of aryl methyl sites for hydroxylation is 1. The van der Waals surface area contributed by atoms with Crippen LogP contribution in [-0.2, 0) is 6.42 Å². The molecule has 1 aromatic carbocycles. The summed E-state index contributed by atoms with van der Waals surface area (Å²) in [7, 11) is 0. The van der Waals surface area contributed by atoms with Gasteiger partial charge in [-0.3, -0.25) is 0 Å². The van der Waals surface area contributed by atoms with Crippen molar-refractivity contribution in [3.8, 4) is 0 Å². The third kappa shape index (κ3) is 2.69. The van der Waals surface area contributed by atoms with Gasteiger partial charge in [-0.05, 0) is 46.7 Å². The Morgan fingerprint density at radius 3 is 2.69 bits per heavy atom. The lowest BCUT2D eigenvalue weighted by Gasteiger charge is -2.03. The van der Waals surface area contributed by atoms with Gasteiger partial charge in [-0.2, -0.15) is 0 Å². The van der Waals surface area contributed by atoms with Gasteiger partial charge in [0.25, 0.3) is 0 Å². The van der Waals surface area contributed by atoms with E-state index in [1.54, 1.807) is 12.1 Å². The number of aromatic carboxylic acids is 1. The van der Waals surface area contributed by atoms with E-state index in [-0.39, 0.29) is 0 Å². The molecule has 0 spiro atoms. The number of halogens is 1. The smallest absolute Gasteiger partial charge is 0.335 e. The van der Waals surface area contributed by atoms with Crippen LogP contribution in [0.3, 0.4) is 0 Å². The lowest BCUT2D eigenvalue weighted by Crippen LogP contribution is -1.98. The molecule has 0 bridgehead atoms. The number of carbonyl (C=O) groups is 1. The minimum absolute atomic E-state index is 0.365. The van der Waals surface area contributed by atoms with E-state index in [1.807, 2.05) is 6.07 Å². The molecule has 0 aromatic heterocycles. The van der Waals surface area contributed by atoms with Crippen LogP contribution >= 0.6 is 22.6 Å². The van der Waals surface area contributed by atoms with Crippen LogP contribution in [0.15, 0.2) is 18.2 Å². The van der Waals surface area contributed by atoms with Crippen molar-refractivity contribution in [3.63, 3.8) is 0 Å². The molecule has 3 heteroatoms. The Labute approximate surface area is 91.1 Å². The van der Waals surface area contributed by atoms with Gasteiger partial charge in [0, 0.05) is 3.57 Å². The summed E-state index contributed by atoms with van der Waals surface area (Å²) in [4.78, 5) is 10.6. The summed E-state index contributed by atoms with van der Waals surface area (Å²) in [5.74, 6) is -0.860. The first-order valence-corrected chi connectivity index (χ1v) is 5.24. The first-order valence-electron chi connectivity index (χ1n) is 4.17. The summed E-state index contributed by atoms with van der Waals surface area (Å²) in [6, 6.07) is 5.28. The molecule has 0 aliphatic rings. The molecule has 0 amide bonds. The number of hydrogen-bond acceptors (Lipinski definition) is 1. The molecular formula is C10H11IO2. The molecule has 0 saturated carbocycles. The Hall–Kier alpha value is -0.580. The number of rotatable bonds is 3. The Bertz CT molecular complexity index is 321. The quantitative estimate of drug-likeness (QED) is 0.869. The van der Waals surface area contributed by atoms with Gasteiger partial charge in [0.2, 0.25) is 0 Å². The van der Waals surface area contributed by atoms with Gasteiger partial charge in [0.1, 0.15) is 0 Å². The van der Waals surface area contributed by atoms with E-state index in [0.29, 0.717) is 5.56 Å². The second-order valence-corrected chi connectivity index (χ2v) is 4.02. The highest BCUT2D eigenvalue weighted by molar-refractivity contribution is 14.1. The maximum atomic E-state index is 10.6. The van der Waals surface area contributed by atoms with E-state index >= 15 is 0 Å². The van der Waals surface area contributed by atoms with Crippen LogP contribution in [0.5, 0.6) is 0 Å². The van der Waals surface area contributed by atoms with Crippen LogP contribution in [0.4, 0.5) is 0 Å². The van der Waals surface area contributed by atoms with Gasteiger partial charge in [-0.25, -0.2) is 4.79 Å². The van der Waals surface area contributed by atoms with Gasteiger partial charge in [-0.1, -0.05) is 19.4 Å². The van der Waals surface area contributed by atoms with Crippen molar-refractivity contribution in [2.75, 3.05) is 0 Å². The SMILES string of the molecule is CCCc1ccc(C(=O)O)cc1I. The summed E-state index contributed by atoms with van der Waals surface area (Å²) >= 11 is 2.18. The molecule has 0 saturated heterocycles. The zero-order chi connectivity index (χ0) is 9.84. The fraction of sp³-hybridized carbons (Fsp3) is 0.300. The van der Waals surface area contributed by atoms with Gasteiger partial charge in [0.05, 0.1) is 5.56 Å². The number of hydrogen-bond donors (Lipinski definition) is 1. The molecule has 1 rings (SSSR count). The third-order valence-electron chi connectivity index (χ3n) is 1.82. The van der Waals surface area contributed by atoms with Crippen molar-refractivity contribution < 1.29 is 9.90 Å². The molecule has 70 valence electrons. The highest BCUT2D eigenvalue weighted by Gasteiger charge is 2.05. The molecule has 0 radical (unpaired) electrons. The summed E-state index contributed by atoms with van der Waals surface area (Å²) < 4.78 is 1.04. The van der Waals surface area contributed by atoms with Crippen molar-refractivity contribution in [2.45, 2.75) is 19.8 Å². The Kier molecular flexibility index (Phi) is 3.71. The average molecular weight is 290 g/mol. The predicted molar refractivity (Wildman–Crippen MR) is 60.1 cm³/mol. The molecule has 0 aliphatic carbocycles. The normalized spacial score (nSPS) is 10.0. The standard InChI is InChI=1S/C10H11IO2/c1-2-3-7-4-5-8(10(12)13)6-9(7)11/h4-6H,2-3H2,1H3,(H,12,13). The molecule has 13 heavy (non-hydrogen) atoms. The molecule has 0 heterocycles. The lowest BCUT2D eigenvalue weighted by atomic mass is 10.1. The van der Waals surface area contributed by atoms with Crippen LogP contribution in [0.1, 0.15) is 29.3 Å². The fourth-order valence-electron chi connectivity index (χ4n) is 1.15. The van der Waals surface area contributed by atoms with Gasteiger partial charge in [-0.15, -0.1) is 0 Å². The van der Waals surface area contributed by atoms with Gasteiger partial charge in [0.15, 0.2) is 0 Å². The first-order chi connectivity index (χ1) is 6.15. The van der Waals surface area contributed by atoms with E-state index in [0.717, 1.165) is 16.4 Å². The van der Waals surface area contributed by atoms with Crippen LogP contribution in [-0.4, -0.2) is 11.1 Å². The van der Waals surface area contributed by atoms with Gasteiger partial charge >= 0.3 is 5.97 Å². The summed E-state index contributed by atoms with van der Waals surface area (Å²) in [6.07, 6.45) is 2.10. The van der Waals surface area contributed by atoms with Crippen molar-refractivity contribution in [1.82, 2.24) is 0 Å². The van der Waals surface area contributed by atoms with Crippen LogP contribution in [0.2, 0.25) is 0 Å². The Morgan fingerprint density at radius 2 is 2.23 bits per heavy atom. The second kappa shape index (κ2) is 4.60. The molecule has 0 atom stereocenters. The Morgan fingerprint density at radius 1 is 1.54 bits per heavy atom. The Balaban J connectivity index is 2.98. The summed E-state index contributed by atoms with van der Waals surface area (Å²) in [5, 5.41) is 8.73. The van der Waals surface area contributed by atoms with Crippen LogP contribution < -0.4 is 0 Å². The van der Waals surface area contributed by atoms with E-state index in [9.17, 15) is 4.79 Å². The van der Waals surface area contributed by atoms with E-state index in [4.69, 9.17) is 5.11 Å². The van der Waals surface area contributed by atoms with E-state index in [1.165, 1.54) is 5.56 Å². The summed E-state index contributed by atoms with van der Waals surface area (Å²) in [6.45, 7) is 2.11. The summed E-state index contributed by atoms with van der Waals surface area (Å²) in [5.41, 5.74) is 1.59. The molecule has 1 N–H and O–H groups in total. The molecule has 0 aliphatic heterocycles. The minimum Gasteiger partial charge on any atom is -0.478 e. The zero-order valence-electron chi connectivity index (χ0n) is 7.38.